The Bertz CT molecular complexity index is 132. The molecule has 1 aliphatic rings. The highest BCUT2D eigenvalue weighted by Crippen LogP contribution is 2.24. The van der Waals surface area contributed by atoms with Gasteiger partial charge in [-0.2, -0.15) is 11.8 Å². The summed E-state index contributed by atoms with van der Waals surface area (Å²) >= 11 is 1.87. The molecule has 1 rings (SSSR count). The van der Waals surface area contributed by atoms with Crippen molar-refractivity contribution in [2.24, 2.45) is 0 Å². The van der Waals surface area contributed by atoms with Crippen molar-refractivity contribution in [3.8, 4) is 0 Å². The van der Waals surface area contributed by atoms with Crippen LogP contribution in [-0.2, 0) is 0 Å². The van der Waals surface area contributed by atoms with Crippen molar-refractivity contribution in [2.75, 3.05) is 12.3 Å². The predicted octanol–water partition coefficient (Wildman–Crippen LogP) is 2.13. The van der Waals surface area contributed by atoms with E-state index in [2.05, 4.69) is 12.2 Å². The van der Waals surface area contributed by atoms with Crippen molar-refractivity contribution in [3.63, 3.8) is 0 Å². The Morgan fingerprint density at radius 1 is 1.58 bits per heavy atom. The first-order valence-corrected chi connectivity index (χ1v) is 5.38. The van der Waals surface area contributed by atoms with Gasteiger partial charge >= 0.3 is 0 Å². The molecule has 72 valence electrons. The largest absolute Gasteiger partial charge is 0.308 e. The van der Waals surface area contributed by atoms with Crippen LogP contribution in [0, 0.1) is 0 Å². The zero-order valence-corrected chi connectivity index (χ0v) is 8.04. The topological polar surface area (TPSA) is 12.0 Å². The lowest BCUT2D eigenvalue weighted by Crippen LogP contribution is -2.41. The molecule has 12 heavy (non-hydrogen) atoms. The van der Waals surface area contributed by atoms with E-state index in [0.717, 1.165) is 12.8 Å². The molecule has 1 heterocycles. The Hall–Kier alpha value is 0.170. The molecule has 0 aromatic rings. The number of thioether (sulfide) groups is 1. The predicted molar refractivity (Wildman–Crippen MR) is 48.9 cm³/mol. The molecule has 0 spiro atoms. The minimum Gasteiger partial charge on any atom is -0.308 e. The van der Waals surface area contributed by atoms with Gasteiger partial charge < -0.3 is 5.32 Å². The summed E-state index contributed by atoms with van der Waals surface area (Å²) in [7, 11) is 0. The van der Waals surface area contributed by atoms with Gasteiger partial charge in [-0.05, 0) is 18.6 Å². The third kappa shape index (κ3) is 3.27. The Morgan fingerprint density at radius 3 is 2.92 bits per heavy atom. The lowest BCUT2D eigenvalue weighted by atomic mass is 10.1. The van der Waals surface area contributed by atoms with E-state index in [9.17, 15) is 8.78 Å². The molecular weight excluding hydrogens is 180 g/mol. The molecule has 0 amide bonds. The molecule has 1 nitrogen and oxygen atoms in total. The van der Waals surface area contributed by atoms with E-state index in [1.54, 1.807) is 0 Å². The molecular formula is C8H15F2NS. The summed E-state index contributed by atoms with van der Waals surface area (Å²) < 4.78 is 23.7. The van der Waals surface area contributed by atoms with E-state index >= 15 is 0 Å². The summed E-state index contributed by atoms with van der Waals surface area (Å²) in [5.74, 6) is 1.17. The highest BCUT2D eigenvalue weighted by atomic mass is 32.2. The number of nitrogens with one attached hydrogen (secondary N) is 1. The third-order valence-corrected chi connectivity index (χ3v) is 3.52. The SMILES string of the molecule is CC1SCCCC1NCC(F)F. The summed E-state index contributed by atoms with van der Waals surface area (Å²) in [5, 5.41) is 3.38. The Balaban J connectivity index is 2.20. The summed E-state index contributed by atoms with van der Waals surface area (Å²) in [6, 6.07) is 0.290. The molecule has 0 radical (unpaired) electrons. The van der Waals surface area contributed by atoms with Gasteiger partial charge in [-0.1, -0.05) is 6.92 Å². The smallest absolute Gasteiger partial charge is 0.250 e. The lowest BCUT2D eigenvalue weighted by molar-refractivity contribution is 0.140. The molecule has 0 saturated carbocycles. The second kappa shape index (κ2) is 5.02. The quantitative estimate of drug-likeness (QED) is 0.740. The number of hydrogen-bond acceptors (Lipinski definition) is 2. The van der Waals surface area contributed by atoms with Crippen molar-refractivity contribution in [3.05, 3.63) is 0 Å². The van der Waals surface area contributed by atoms with E-state index < -0.39 is 6.43 Å². The van der Waals surface area contributed by atoms with Gasteiger partial charge in [0, 0.05) is 11.3 Å². The highest BCUT2D eigenvalue weighted by Gasteiger charge is 2.21. The zero-order valence-electron chi connectivity index (χ0n) is 7.22. The Labute approximate surface area is 76.3 Å². The standard InChI is InChI=1S/C8H15F2NS/c1-6-7(3-2-4-12-6)11-5-8(9)10/h6-8,11H,2-5H2,1H3. The summed E-state index contributed by atoms with van der Waals surface area (Å²) in [4.78, 5) is 0. The normalized spacial score (nSPS) is 31.0. The van der Waals surface area contributed by atoms with Crippen LogP contribution in [0.2, 0.25) is 0 Å². The molecule has 2 unspecified atom stereocenters. The maximum atomic E-state index is 11.8. The molecule has 0 aromatic carbocycles. The van der Waals surface area contributed by atoms with Crippen molar-refractivity contribution < 1.29 is 8.78 Å². The number of halogens is 2. The molecule has 1 fully saturated rings. The van der Waals surface area contributed by atoms with Crippen LogP contribution in [-0.4, -0.2) is 30.0 Å². The van der Waals surface area contributed by atoms with Gasteiger partial charge in [0.1, 0.15) is 0 Å². The molecule has 1 saturated heterocycles. The van der Waals surface area contributed by atoms with Crippen LogP contribution in [0.4, 0.5) is 8.78 Å². The number of rotatable bonds is 3. The minimum atomic E-state index is -2.22. The average molecular weight is 195 g/mol. The van der Waals surface area contributed by atoms with Crippen LogP contribution < -0.4 is 5.32 Å². The second-order valence-electron chi connectivity index (χ2n) is 3.12. The lowest BCUT2D eigenvalue weighted by Gasteiger charge is -2.29. The van der Waals surface area contributed by atoms with Gasteiger partial charge in [0.25, 0.3) is 6.43 Å². The van der Waals surface area contributed by atoms with Crippen molar-refractivity contribution in [1.29, 1.82) is 0 Å². The fourth-order valence-corrected chi connectivity index (χ4v) is 2.60. The molecule has 1 aliphatic heterocycles. The van der Waals surface area contributed by atoms with E-state index in [-0.39, 0.29) is 12.6 Å². The molecule has 1 N–H and O–H groups in total. The van der Waals surface area contributed by atoms with Crippen LogP contribution in [0.15, 0.2) is 0 Å². The fourth-order valence-electron chi connectivity index (χ4n) is 1.43. The first-order chi connectivity index (χ1) is 5.70. The average Bonchev–Trinajstić information content (AvgIpc) is 2.03. The first kappa shape index (κ1) is 10.3. The van der Waals surface area contributed by atoms with E-state index in [1.165, 1.54) is 5.75 Å². The maximum Gasteiger partial charge on any atom is 0.250 e. The molecule has 0 aliphatic carbocycles. The van der Waals surface area contributed by atoms with Gasteiger partial charge in [-0.15, -0.1) is 0 Å². The maximum absolute atomic E-state index is 11.8. The van der Waals surface area contributed by atoms with Gasteiger partial charge in [-0.3, -0.25) is 0 Å². The first-order valence-electron chi connectivity index (χ1n) is 4.33. The monoisotopic (exact) mass is 195 g/mol. The van der Waals surface area contributed by atoms with Crippen molar-refractivity contribution in [1.82, 2.24) is 5.32 Å². The number of alkyl halides is 2. The van der Waals surface area contributed by atoms with Gasteiger partial charge in [0.2, 0.25) is 0 Å². The minimum absolute atomic E-state index is 0.157. The van der Waals surface area contributed by atoms with Crippen LogP contribution in [0.3, 0.4) is 0 Å². The molecule has 0 bridgehead atoms. The molecule has 0 aromatic heterocycles. The molecule has 4 heteroatoms. The van der Waals surface area contributed by atoms with Gasteiger partial charge in [-0.25, -0.2) is 8.78 Å². The van der Waals surface area contributed by atoms with Crippen LogP contribution >= 0.6 is 11.8 Å². The Morgan fingerprint density at radius 2 is 2.33 bits per heavy atom. The van der Waals surface area contributed by atoms with E-state index in [0.29, 0.717) is 5.25 Å². The van der Waals surface area contributed by atoms with E-state index in [4.69, 9.17) is 0 Å². The second-order valence-corrected chi connectivity index (χ2v) is 4.61. The number of hydrogen-bond donors (Lipinski definition) is 1. The van der Waals surface area contributed by atoms with Gasteiger partial charge in [0.05, 0.1) is 6.54 Å². The highest BCUT2D eigenvalue weighted by molar-refractivity contribution is 7.99. The van der Waals surface area contributed by atoms with Gasteiger partial charge in [0.15, 0.2) is 0 Å². The summed E-state index contributed by atoms with van der Waals surface area (Å²) in [5.41, 5.74) is 0. The fraction of sp³-hybridized carbons (Fsp3) is 1.00. The van der Waals surface area contributed by atoms with Crippen molar-refractivity contribution in [2.45, 2.75) is 37.5 Å². The summed E-state index contributed by atoms with van der Waals surface area (Å²) in [6.45, 7) is 1.95. The van der Waals surface area contributed by atoms with E-state index in [1.807, 2.05) is 11.8 Å². The van der Waals surface area contributed by atoms with Crippen molar-refractivity contribution >= 4 is 11.8 Å². The Kier molecular flexibility index (Phi) is 4.29. The molecule has 2 atom stereocenters. The van der Waals surface area contributed by atoms with Crippen LogP contribution in [0.5, 0.6) is 0 Å². The van der Waals surface area contributed by atoms with Crippen LogP contribution in [0.25, 0.3) is 0 Å². The van der Waals surface area contributed by atoms with Crippen LogP contribution in [0.1, 0.15) is 19.8 Å². The third-order valence-electron chi connectivity index (χ3n) is 2.14. The summed E-state index contributed by atoms with van der Waals surface area (Å²) in [6.07, 6.45) is -0.0271. The zero-order chi connectivity index (χ0) is 8.97.